The molecule has 8 heteroatoms. The number of para-hydroxylation sites is 1. The minimum atomic E-state index is -0.775. The van der Waals surface area contributed by atoms with Crippen molar-refractivity contribution in [1.82, 2.24) is 0 Å². The molecule has 3 aromatic carbocycles. The van der Waals surface area contributed by atoms with Crippen LogP contribution in [0.3, 0.4) is 0 Å². The monoisotopic (exact) mass is 395 g/mol. The Balaban J connectivity index is 1.56. The molecule has 0 spiro atoms. The maximum absolute atomic E-state index is 12.0. The van der Waals surface area contributed by atoms with Crippen LogP contribution in [0.2, 0.25) is 0 Å². The molecule has 0 saturated carbocycles. The summed E-state index contributed by atoms with van der Waals surface area (Å²) in [5.41, 5.74) is -0.375. The van der Waals surface area contributed by atoms with Crippen molar-refractivity contribution in [3.63, 3.8) is 0 Å². The SMILES string of the molecule is COc1ccc(OC(=O)COc2ccc(Oc3ccccc3)cc2)c([N+](=O)[O-])c1. The first-order valence-corrected chi connectivity index (χ1v) is 8.54. The van der Waals surface area contributed by atoms with Crippen LogP contribution in [0.1, 0.15) is 0 Å². The highest BCUT2D eigenvalue weighted by Crippen LogP contribution is 2.31. The second-order valence-electron chi connectivity index (χ2n) is 5.74. The van der Waals surface area contributed by atoms with E-state index in [-0.39, 0.29) is 17.2 Å². The third-order valence-corrected chi connectivity index (χ3v) is 3.75. The Morgan fingerprint density at radius 3 is 2.17 bits per heavy atom. The first-order valence-electron chi connectivity index (χ1n) is 8.54. The van der Waals surface area contributed by atoms with Gasteiger partial charge in [-0.15, -0.1) is 0 Å². The minimum absolute atomic E-state index is 0.184. The average molecular weight is 395 g/mol. The summed E-state index contributed by atoms with van der Waals surface area (Å²) >= 11 is 0. The number of methoxy groups -OCH3 is 1. The van der Waals surface area contributed by atoms with Crippen LogP contribution in [0.25, 0.3) is 0 Å². The first kappa shape index (κ1) is 19.7. The zero-order chi connectivity index (χ0) is 20.6. The largest absolute Gasteiger partial charge is 0.496 e. The number of nitro groups is 1. The molecule has 0 aliphatic heterocycles. The number of carbonyl (C=O) groups excluding carboxylic acids is 1. The molecule has 8 nitrogen and oxygen atoms in total. The lowest BCUT2D eigenvalue weighted by Crippen LogP contribution is -2.18. The molecular weight excluding hydrogens is 378 g/mol. The average Bonchev–Trinajstić information content (AvgIpc) is 2.74. The lowest BCUT2D eigenvalue weighted by molar-refractivity contribution is -0.385. The molecule has 0 saturated heterocycles. The van der Waals surface area contributed by atoms with Crippen LogP contribution >= 0.6 is 0 Å². The Kier molecular flexibility index (Phi) is 6.26. The molecule has 0 aromatic heterocycles. The summed E-state index contributed by atoms with van der Waals surface area (Å²) in [6.45, 7) is -0.415. The second-order valence-corrected chi connectivity index (χ2v) is 5.74. The van der Waals surface area contributed by atoms with Crippen LogP contribution in [0.4, 0.5) is 5.69 Å². The van der Waals surface area contributed by atoms with Crippen molar-refractivity contribution < 1.29 is 28.7 Å². The van der Waals surface area contributed by atoms with E-state index in [4.69, 9.17) is 18.9 Å². The number of esters is 1. The van der Waals surface area contributed by atoms with E-state index in [1.807, 2.05) is 30.3 Å². The zero-order valence-corrected chi connectivity index (χ0v) is 15.4. The van der Waals surface area contributed by atoms with E-state index in [0.29, 0.717) is 17.2 Å². The molecule has 3 aromatic rings. The van der Waals surface area contributed by atoms with Gasteiger partial charge in [0.15, 0.2) is 6.61 Å². The number of nitro benzene ring substituents is 1. The van der Waals surface area contributed by atoms with Gasteiger partial charge in [0.1, 0.15) is 23.0 Å². The van der Waals surface area contributed by atoms with E-state index < -0.39 is 17.5 Å². The number of benzene rings is 3. The number of carbonyl (C=O) groups is 1. The molecule has 0 aliphatic carbocycles. The molecule has 0 radical (unpaired) electrons. The molecule has 0 aliphatic rings. The molecule has 0 heterocycles. The van der Waals surface area contributed by atoms with Crippen LogP contribution in [0.15, 0.2) is 72.8 Å². The molecular formula is C21H17NO7. The van der Waals surface area contributed by atoms with Gasteiger partial charge in [-0.05, 0) is 48.5 Å². The van der Waals surface area contributed by atoms with Crippen molar-refractivity contribution in [1.29, 1.82) is 0 Å². The third-order valence-electron chi connectivity index (χ3n) is 3.75. The molecule has 0 bridgehead atoms. The van der Waals surface area contributed by atoms with Crippen molar-refractivity contribution in [2.45, 2.75) is 0 Å². The number of hydrogen-bond acceptors (Lipinski definition) is 7. The summed E-state index contributed by atoms with van der Waals surface area (Å²) in [4.78, 5) is 22.5. The fraction of sp³-hybridized carbons (Fsp3) is 0.0952. The van der Waals surface area contributed by atoms with Gasteiger partial charge in [0, 0.05) is 0 Å². The summed E-state index contributed by atoms with van der Waals surface area (Å²) in [7, 11) is 1.38. The Morgan fingerprint density at radius 2 is 1.52 bits per heavy atom. The molecule has 3 rings (SSSR count). The molecule has 0 fully saturated rings. The van der Waals surface area contributed by atoms with E-state index in [2.05, 4.69) is 0 Å². The molecule has 0 unspecified atom stereocenters. The summed E-state index contributed by atoms with van der Waals surface area (Å²) < 4.78 is 21.0. The maximum atomic E-state index is 12.0. The van der Waals surface area contributed by atoms with Crippen molar-refractivity contribution in [2.75, 3.05) is 13.7 Å². The fourth-order valence-corrected chi connectivity index (χ4v) is 2.38. The summed E-state index contributed by atoms with van der Waals surface area (Å²) in [5.74, 6) is 1.06. The van der Waals surface area contributed by atoms with E-state index in [1.165, 1.54) is 25.3 Å². The van der Waals surface area contributed by atoms with Crippen molar-refractivity contribution in [3.05, 3.63) is 82.9 Å². The summed E-state index contributed by atoms with van der Waals surface area (Å²) in [5, 5.41) is 11.1. The van der Waals surface area contributed by atoms with E-state index in [9.17, 15) is 14.9 Å². The van der Waals surface area contributed by atoms with E-state index >= 15 is 0 Å². The highest BCUT2D eigenvalue weighted by Gasteiger charge is 2.19. The van der Waals surface area contributed by atoms with Crippen LogP contribution < -0.4 is 18.9 Å². The van der Waals surface area contributed by atoms with E-state index in [1.54, 1.807) is 24.3 Å². The molecule has 29 heavy (non-hydrogen) atoms. The standard InChI is InChI=1S/C21H17NO7/c1-26-18-11-12-20(19(13-18)22(24)25)29-21(23)14-27-15-7-9-17(10-8-15)28-16-5-3-2-4-6-16/h2-13H,14H2,1H3. The lowest BCUT2D eigenvalue weighted by Gasteiger charge is -2.09. The van der Waals surface area contributed by atoms with Gasteiger partial charge in [0.25, 0.3) is 0 Å². The number of rotatable bonds is 8. The fourth-order valence-electron chi connectivity index (χ4n) is 2.38. The van der Waals surface area contributed by atoms with Crippen molar-refractivity contribution >= 4 is 11.7 Å². The molecule has 0 atom stereocenters. The van der Waals surface area contributed by atoms with Crippen LogP contribution in [0.5, 0.6) is 28.7 Å². The smallest absolute Gasteiger partial charge is 0.349 e. The molecule has 0 N–H and O–H groups in total. The topological polar surface area (TPSA) is 97.1 Å². The number of hydrogen-bond donors (Lipinski definition) is 0. The minimum Gasteiger partial charge on any atom is -0.496 e. The zero-order valence-electron chi connectivity index (χ0n) is 15.4. The quantitative estimate of drug-likeness (QED) is 0.242. The summed E-state index contributed by atoms with van der Waals surface area (Å²) in [6.07, 6.45) is 0. The van der Waals surface area contributed by atoms with Crippen molar-refractivity contribution in [2.24, 2.45) is 0 Å². The predicted molar refractivity (Wildman–Crippen MR) is 104 cm³/mol. The maximum Gasteiger partial charge on any atom is 0.349 e. The van der Waals surface area contributed by atoms with Gasteiger partial charge in [0.2, 0.25) is 5.75 Å². The second kappa shape index (κ2) is 9.23. The number of nitrogens with zero attached hydrogens (tertiary/aromatic N) is 1. The van der Waals surface area contributed by atoms with Gasteiger partial charge in [-0.1, -0.05) is 18.2 Å². The van der Waals surface area contributed by atoms with Crippen molar-refractivity contribution in [3.8, 4) is 28.7 Å². The highest BCUT2D eigenvalue weighted by molar-refractivity contribution is 5.75. The third kappa shape index (κ3) is 5.46. The Bertz CT molecular complexity index is 988. The van der Waals surface area contributed by atoms with Gasteiger partial charge < -0.3 is 18.9 Å². The Hall–Kier alpha value is -4.07. The van der Waals surface area contributed by atoms with Crippen LogP contribution in [-0.4, -0.2) is 24.6 Å². The van der Waals surface area contributed by atoms with E-state index in [0.717, 1.165) is 0 Å². The first-order chi connectivity index (χ1) is 14.0. The van der Waals surface area contributed by atoms with Gasteiger partial charge >= 0.3 is 11.7 Å². The Labute approximate surface area is 166 Å². The summed E-state index contributed by atoms with van der Waals surface area (Å²) in [6, 6.07) is 19.9. The normalized spacial score (nSPS) is 10.1. The number of ether oxygens (including phenoxy) is 4. The highest BCUT2D eigenvalue weighted by atomic mass is 16.6. The van der Waals surface area contributed by atoms with Gasteiger partial charge in [-0.3, -0.25) is 10.1 Å². The van der Waals surface area contributed by atoms with Gasteiger partial charge in [-0.25, -0.2) is 4.79 Å². The predicted octanol–water partition coefficient (Wildman–Crippen LogP) is 4.38. The molecule has 0 amide bonds. The van der Waals surface area contributed by atoms with Crippen LogP contribution in [-0.2, 0) is 4.79 Å². The van der Waals surface area contributed by atoms with Crippen LogP contribution in [0, 0.1) is 10.1 Å². The molecule has 148 valence electrons. The lowest BCUT2D eigenvalue weighted by atomic mass is 10.3. The van der Waals surface area contributed by atoms with Gasteiger partial charge in [-0.2, -0.15) is 0 Å². The van der Waals surface area contributed by atoms with Gasteiger partial charge in [0.05, 0.1) is 18.1 Å². The Morgan fingerprint density at radius 1 is 0.897 bits per heavy atom.